The second-order valence-corrected chi connectivity index (χ2v) is 5.95. The van der Waals surface area contributed by atoms with E-state index in [4.69, 9.17) is 14.9 Å². The first-order chi connectivity index (χ1) is 13.5. The number of phenolic OH excluding ortho intramolecular Hbond substituents is 2. The van der Waals surface area contributed by atoms with Gasteiger partial charge in [0, 0.05) is 29.2 Å². The molecule has 0 bridgehead atoms. The summed E-state index contributed by atoms with van der Waals surface area (Å²) < 4.78 is 5.82. The summed E-state index contributed by atoms with van der Waals surface area (Å²) in [5.74, 6) is -0.429. The number of ether oxygens (including phenoxy) is 1. The Morgan fingerprint density at radius 1 is 0.818 bits per heavy atom. The number of hydrogen-bond donors (Lipinski definition) is 6. The van der Waals surface area contributed by atoms with Gasteiger partial charge in [-0.1, -0.05) is 30.3 Å². The number of aromatic carboxylic acids is 1. The van der Waals surface area contributed by atoms with E-state index < -0.39 is 5.97 Å². The van der Waals surface area contributed by atoms with E-state index in [1.807, 2.05) is 0 Å². The van der Waals surface area contributed by atoms with Gasteiger partial charge in [0.15, 0.2) is 5.34 Å². The molecule has 3 aromatic rings. The third-order valence-corrected chi connectivity index (χ3v) is 4.34. The zero-order chi connectivity index (χ0) is 20.3. The van der Waals surface area contributed by atoms with E-state index in [1.54, 1.807) is 48.5 Å². The van der Waals surface area contributed by atoms with Crippen molar-refractivity contribution in [1.29, 1.82) is 0 Å². The number of halogens is 2. The molecule has 10 nitrogen and oxygen atoms in total. The minimum atomic E-state index is -1.01. The molecular weight excluding hydrogens is 660 g/mol. The molecule has 0 fully saturated rings. The van der Waals surface area contributed by atoms with Crippen molar-refractivity contribution >= 4 is 5.97 Å². The molecule has 0 radical (unpaired) electrons. The Bertz CT molecular complexity index is 1020. The summed E-state index contributed by atoms with van der Waals surface area (Å²) in [6, 6.07) is 16.3. The number of rotatable bonds is 2. The normalized spacial score (nSPS) is 10.1. The van der Waals surface area contributed by atoms with Gasteiger partial charge in [0.2, 0.25) is 0 Å². The molecule has 33 heavy (non-hydrogen) atoms. The van der Waals surface area contributed by atoms with Crippen LogP contribution in [0.4, 0.5) is 0 Å². The third kappa shape index (κ3) is 7.31. The van der Waals surface area contributed by atoms with Crippen molar-refractivity contribution in [2.45, 2.75) is 5.92 Å². The standard InChI is InChI=1S/C20H14O5.2ClH.HNO2.2H3N.Pt/c21-11-5-7-15-17(9-11)25-18-10-12(22)6-8-16(18)19(15)13-3-1-2-4-14(13)20(23)24;;;2-1-3;;;/h1-10,19,21-22H,(H,23,24);2*1H;(H,2,3);2*1H3;/q;;;;;;+4/p-2. The van der Waals surface area contributed by atoms with Gasteiger partial charge in [-0.25, -0.2) is 4.79 Å². The van der Waals surface area contributed by atoms with Crippen LogP contribution in [0.5, 0.6) is 23.0 Å². The van der Waals surface area contributed by atoms with Crippen molar-refractivity contribution in [3.05, 3.63) is 87.8 Å². The van der Waals surface area contributed by atoms with Crippen LogP contribution in [0.25, 0.3) is 0 Å². The minimum Gasteiger partial charge on any atom is -1.00 e. The molecule has 0 aliphatic carbocycles. The maximum atomic E-state index is 11.7. The third-order valence-electron chi connectivity index (χ3n) is 4.34. The van der Waals surface area contributed by atoms with Crippen LogP contribution in [0.2, 0.25) is 0 Å². The van der Waals surface area contributed by atoms with Crippen LogP contribution in [0, 0.1) is 4.91 Å². The Labute approximate surface area is 215 Å². The van der Waals surface area contributed by atoms with Crippen molar-refractivity contribution in [3.8, 4) is 23.0 Å². The van der Waals surface area contributed by atoms with Gasteiger partial charge in [0.1, 0.15) is 23.0 Å². The molecule has 1 aliphatic rings. The maximum absolute atomic E-state index is 11.7. The molecule has 180 valence electrons. The fraction of sp³-hybridized carbons (Fsp3) is 0.0500. The Hall–Kier alpha value is -2.88. The zero-order valence-corrected chi connectivity index (χ0v) is 20.6. The van der Waals surface area contributed by atoms with Gasteiger partial charge in [0.05, 0.1) is 5.56 Å². The second kappa shape index (κ2) is 15.0. The van der Waals surface area contributed by atoms with Crippen molar-refractivity contribution < 1.29 is 75.9 Å². The average molecular weight is 681 g/mol. The predicted molar refractivity (Wildman–Crippen MR) is 108 cm³/mol. The summed E-state index contributed by atoms with van der Waals surface area (Å²) >= 11 is 0. The van der Waals surface area contributed by atoms with Gasteiger partial charge in [-0.05, 0) is 23.8 Å². The van der Waals surface area contributed by atoms with Gasteiger partial charge in [-0.15, -0.1) is 4.91 Å². The largest absolute Gasteiger partial charge is 4.00 e. The molecule has 1 heterocycles. The number of hydrogen-bond acceptors (Lipinski definition) is 8. The quantitative estimate of drug-likeness (QED) is 0.108. The number of nitrogens with zero attached hydrogens (tertiary/aromatic N) is 1. The van der Waals surface area contributed by atoms with Crippen molar-refractivity contribution in [2.24, 2.45) is 5.34 Å². The summed E-state index contributed by atoms with van der Waals surface area (Å²) in [5.41, 5.74) is 2.33. The average Bonchev–Trinajstić information content (AvgIpc) is 2.66. The minimum absolute atomic E-state index is 0. The fourth-order valence-corrected chi connectivity index (χ4v) is 3.26. The van der Waals surface area contributed by atoms with Crippen LogP contribution in [0.3, 0.4) is 0 Å². The summed E-state index contributed by atoms with van der Waals surface area (Å²) in [4.78, 5) is 19.8. The Morgan fingerprint density at radius 2 is 1.24 bits per heavy atom. The molecular formula is C20H21Cl2N3O7Pt+2. The van der Waals surface area contributed by atoms with Crippen LogP contribution < -0.4 is 41.9 Å². The van der Waals surface area contributed by atoms with Gasteiger partial charge in [0.25, 0.3) is 0 Å². The van der Waals surface area contributed by atoms with E-state index in [9.17, 15) is 20.1 Å². The molecule has 0 saturated carbocycles. The predicted octanol–water partition coefficient (Wildman–Crippen LogP) is -1.45. The van der Waals surface area contributed by atoms with Gasteiger partial charge in [-0.3, -0.25) is 0 Å². The van der Waals surface area contributed by atoms with Crippen molar-refractivity contribution in [2.75, 3.05) is 0 Å². The van der Waals surface area contributed by atoms with E-state index in [1.165, 1.54) is 17.5 Å². The van der Waals surface area contributed by atoms with Crippen LogP contribution in [-0.2, 0) is 21.1 Å². The Balaban J connectivity index is -0.00000107. The molecule has 0 spiro atoms. The SMILES string of the molecule is N.N.O=C(O)c1ccccc1C1c2ccc(O)cc2Oc2cc(O)ccc21.O=NO.[Cl-].[Cl-].[Pt+4]. The first-order valence-corrected chi connectivity index (χ1v) is 8.09. The molecule has 0 aromatic heterocycles. The van der Waals surface area contributed by atoms with Gasteiger partial charge >= 0.3 is 27.0 Å². The van der Waals surface area contributed by atoms with E-state index in [0.717, 1.165) is 11.1 Å². The van der Waals surface area contributed by atoms with E-state index >= 15 is 0 Å². The number of benzene rings is 3. The number of carboxylic acid groups (broad SMARTS) is 1. The molecule has 0 amide bonds. The zero-order valence-electron chi connectivity index (χ0n) is 16.8. The summed E-state index contributed by atoms with van der Waals surface area (Å²) in [6.45, 7) is 0. The first-order valence-electron chi connectivity index (χ1n) is 8.09. The second-order valence-electron chi connectivity index (χ2n) is 5.95. The van der Waals surface area contributed by atoms with Crippen molar-refractivity contribution in [3.63, 3.8) is 0 Å². The monoisotopic (exact) mass is 680 g/mol. The maximum Gasteiger partial charge on any atom is 4.00 e. The molecule has 1 aliphatic heterocycles. The van der Waals surface area contributed by atoms with Crippen molar-refractivity contribution in [1.82, 2.24) is 12.3 Å². The number of carbonyl (C=O) groups is 1. The smallest absolute Gasteiger partial charge is 1.00 e. The van der Waals surface area contributed by atoms with Crippen LogP contribution in [-0.4, -0.2) is 26.5 Å². The number of phenols is 2. The summed E-state index contributed by atoms with van der Waals surface area (Å²) in [7, 11) is 0. The van der Waals surface area contributed by atoms with Crippen LogP contribution in [0.1, 0.15) is 33.0 Å². The van der Waals surface area contributed by atoms with Gasteiger partial charge in [-0.2, -0.15) is 0 Å². The molecule has 4 rings (SSSR count). The van der Waals surface area contributed by atoms with Gasteiger partial charge < -0.3 is 62.4 Å². The fourth-order valence-electron chi connectivity index (χ4n) is 3.26. The molecule has 0 unspecified atom stereocenters. The topological polar surface area (TPSA) is 207 Å². The van der Waals surface area contributed by atoms with E-state index in [0.29, 0.717) is 17.1 Å². The number of fused-ring (bicyclic) bond motifs is 2. The molecule has 3 aromatic carbocycles. The number of carboxylic acids is 1. The molecule has 0 atom stereocenters. The number of aromatic hydroxyl groups is 2. The summed E-state index contributed by atoms with van der Waals surface area (Å²) in [6.07, 6.45) is 0. The molecule has 13 heteroatoms. The Morgan fingerprint density at radius 3 is 1.67 bits per heavy atom. The van der Waals surface area contributed by atoms with E-state index in [2.05, 4.69) is 0 Å². The molecule has 10 N–H and O–H groups in total. The van der Waals surface area contributed by atoms with Crippen LogP contribution in [0.15, 0.2) is 66.0 Å². The van der Waals surface area contributed by atoms with E-state index in [-0.39, 0.29) is 81.2 Å². The molecule has 0 saturated heterocycles. The van der Waals surface area contributed by atoms with Crippen LogP contribution >= 0.6 is 0 Å². The summed E-state index contributed by atoms with van der Waals surface area (Å²) in [5, 5.41) is 37.0. The Kier molecular flexibility index (Phi) is 15.8. The first kappa shape index (κ1) is 34.7.